The first-order chi connectivity index (χ1) is 5.27. The molecule has 0 unspecified atom stereocenters. The minimum absolute atomic E-state index is 0.384. The van der Waals surface area contributed by atoms with Crippen molar-refractivity contribution in [3.63, 3.8) is 0 Å². The number of aromatic nitrogens is 4. The fraction of sp³-hybridized carbons (Fsp3) is 0. The Labute approximate surface area is 80.7 Å². The number of hydrogen-bond donors (Lipinski definition) is 0. The number of halogens is 2. The number of rotatable bonds is 0. The van der Waals surface area contributed by atoms with Crippen LogP contribution in [0.25, 0.3) is 5.65 Å². The molecule has 0 bridgehead atoms. The number of fused-ring (bicyclic) bond motifs is 1. The largest absolute Gasteiger partial charge is 0.225 e. The van der Waals surface area contributed by atoms with E-state index in [4.69, 9.17) is 11.6 Å². The Hall–Kier alpha value is -0.430. The maximum absolute atomic E-state index is 5.76. The third-order valence-electron chi connectivity index (χ3n) is 1.19. The zero-order valence-electron chi connectivity index (χ0n) is 5.20. The molecule has 2 aromatic rings. The SMILES string of the molecule is Clc1nc(I)cn2ncnc12. The molecule has 0 saturated heterocycles. The molecule has 0 saturated carbocycles. The van der Waals surface area contributed by atoms with Crippen LogP contribution in [0.2, 0.25) is 5.15 Å². The van der Waals surface area contributed by atoms with Gasteiger partial charge in [0.05, 0.1) is 6.20 Å². The Morgan fingerprint density at radius 1 is 1.55 bits per heavy atom. The number of hydrogen-bond acceptors (Lipinski definition) is 3. The highest BCUT2D eigenvalue weighted by atomic mass is 127. The molecular weight excluding hydrogens is 278 g/mol. The highest BCUT2D eigenvalue weighted by Gasteiger charge is 2.02. The van der Waals surface area contributed by atoms with E-state index in [9.17, 15) is 0 Å². The molecule has 0 amide bonds. The molecule has 0 atom stereocenters. The van der Waals surface area contributed by atoms with Crippen molar-refractivity contribution in [1.82, 2.24) is 19.6 Å². The van der Waals surface area contributed by atoms with Gasteiger partial charge in [0, 0.05) is 0 Å². The molecule has 2 heterocycles. The summed E-state index contributed by atoms with van der Waals surface area (Å²) < 4.78 is 2.39. The smallest absolute Gasteiger partial charge is 0.193 e. The zero-order chi connectivity index (χ0) is 7.84. The molecule has 2 aromatic heterocycles. The highest BCUT2D eigenvalue weighted by Crippen LogP contribution is 2.12. The van der Waals surface area contributed by atoms with E-state index in [1.807, 2.05) is 0 Å². The van der Waals surface area contributed by atoms with Gasteiger partial charge in [0.15, 0.2) is 10.8 Å². The Bertz CT molecular complexity index is 398. The van der Waals surface area contributed by atoms with Crippen molar-refractivity contribution in [3.05, 3.63) is 21.4 Å². The first-order valence-electron chi connectivity index (χ1n) is 2.79. The topological polar surface area (TPSA) is 43.1 Å². The first-order valence-corrected chi connectivity index (χ1v) is 4.24. The van der Waals surface area contributed by atoms with Crippen LogP contribution in [0, 0.1) is 3.70 Å². The Kier molecular flexibility index (Phi) is 1.68. The van der Waals surface area contributed by atoms with Crippen molar-refractivity contribution < 1.29 is 0 Å². The lowest BCUT2D eigenvalue weighted by Gasteiger charge is -1.93. The summed E-state index contributed by atoms with van der Waals surface area (Å²) in [5, 5.41) is 4.30. The zero-order valence-corrected chi connectivity index (χ0v) is 8.11. The van der Waals surface area contributed by atoms with E-state index >= 15 is 0 Å². The molecule has 0 aliphatic carbocycles. The van der Waals surface area contributed by atoms with E-state index in [0.29, 0.717) is 10.8 Å². The molecule has 6 heteroatoms. The van der Waals surface area contributed by atoms with Gasteiger partial charge in [0.1, 0.15) is 10.0 Å². The van der Waals surface area contributed by atoms with Crippen LogP contribution < -0.4 is 0 Å². The molecule has 0 aromatic carbocycles. The van der Waals surface area contributed by atoms with Crippen molar-refractivity contribution in [2.45, 2.75) is 0 Å². The molecule has 2 rings (SSSR count). The van der Waals surface area contributed by atoms with Crippen LogP contribution in [-0.4, -0.2) is 19.6 Å². The van der Waals surface area contributed by atoms with Crippen molar-refractivity contribution in [1.29, 1.82) is 0 Å². The first kappa shape index (κ1) is 7.23. The summed E-state index contributed by atoms with van der Waals surface area (Å²) >= 11 is 7.83. The molecule has 0 N–H and O–H groups in total. The second kappa shape index (κ2) is 2.56. The second-order valence-corrected chi connectivity index (χ2v) is 3.35. The minimum Gasteiger partial charge on any atom is -0.225 e. The van der Waals surface area contributed by atoms with Gasteiger partial charge in [-0.1, -0.05) is 11.6 Å². The van der Waals surface area contributed by atoms with Gasteiger partial charge in [-0.3, -0.25) is 0 Å². The van der Waals surface area contributed by atoms with Gasteiger partial charge in [0.25, 0.3) is 0 Å². The maximum atomic E-state index is 5.76. The second-order valence-electron chi connectivity index (χ2n) is 1.88. The van der Waals surface area contributed by atoms with E-state index in [1.165, 1.54) is 6.33 Å². The summed E-state index contributed by atoms with van der Waals surface area (Å²) in [6, 6.07) is 0. The van der Waals surface area contributed by atoms with Gasteiger partial charge < -0.3 is 0 Å². The summed E-state index contributed by atoms with van der Waals surface area (Å²) in [6.07, 6.45) is 3.20. The monoisotopic (exact) mass is 280 g/mol. The van der Waals surface area contributed by atoms with E-state index in [0.717, 1.165) is 3.70 Å². The van der Waals surface area contributed by atoms with Gasteiger partial charge >= 0.3 is 0 Å². The summed E-state index contributed by atoms with van der Waals surface area (Å²) in [5.41, 5.74) is 0.590. The van der Waals surface area contributed by atoms with Gasteiger partial charge in [0.2, 0.25) is 0 Å². The third kappa shape index (κ3) is 1.18. The van der Waals surface area contributed by atoms with E-state index < -0.39 is 0 Å². The van der Waals surface area contributed by atoms with Gasteiger partial charge in [-0.25, -0.2) is 14.5 Å². The molecule has 0 aliphatic rings. The van der Waals surface area contributed by atoms with Crippen LogP contribution in [0.1, 0.15) is 0 Å². The van der Waals surface area contributed by atoms with Crippen molar-refractivity contribution >= 4 is 39.8 Å². The normalized spacial score (nSPS) is 10.7. The van der Waals surface area contributed by atoms with Crippen LogP contribution in [0.3, 0.4) is 0 Å². The molecule has 4 nitrogen and oxygen atoms in total. The lowest BCUT2D eigenvalue weighted by Crippen LogP contribution is -1.92. The molecule has 0 aliphatic heterocycles. The van der Waals surface area contributed by atoms with Gasteiger partial charge in [-0.2, -0.15) is 5.10 Å². The highest BCUT2D eigenvalue weighted by molar-refractivity contribution is 14.1. The van der Waals surface area contributed by atoms with Crippen LogP contribution in [0.15, 0.2) is 12.5 Å². The molecule has 0 spiro atoms. The lowest BCUT2D eigenvalue weighted by atomic mass is 10.7. The van der Waals surface area contributed by atoms with Crippen LogP contribution >= 0.6 is 34.2 Å². The fourth-order valence-corrected chi connectivity index (χ4v) is 1.64. The summed E-state index contributed by atoms with van der Waals surface area (Å²) in [7, 11) is 0. The molecule has 11 heavy (non-hydrogen) atoms. The van der Waals surface area contributed by atoms with Gasteiger partial charge in [-0.15, -0.1) is 0 Å². The summed E-state index contributed by atoms with van der Waals surface area (Å²) in [6.45, 7) is 0. The minimum atomic E-state index is 0.384. The number of nitrogens with zero attached hydrogens (tertiary/aromatic N) is 4. The molecule has 0 fully saturated rings. The summed E-state index contributed by atoms with van der Waals surface area (Å²) in [4.78, 5) is 7.92. The quantitative estimate of drug-likeness (QED) is 0.685. The summed E-state index contributed by atoms with van der Waals surface area (Å²) in [5.74, 6) is 0. The van der Waals surface area contributed by atoms with Crippen molar-refractivity contribution in [3.8, 4) is 0 Å². The Morgan fingerprint density at radius 3 is 3.18 bits per heavy atom. The molecule has 0 radical (unpaired) electrons. The molecule has 56 valence electrons. The predicted octanol–water partition coefficient (Wildman–Crippen LogP) is 1.38. The third-order valence-corrected chi connectivity index (χ3v) is 1.96. The van der Waals surface area contributed by atoms with Gasteiger partial charge in [-0.05, 0) is 22.6 Å². The predicted molar refractivity (Wildman–Crippen MR) is 48.5 cm³/mol. The lowest BCUT2D eigenvalue weighted by molar-refractivity contribution is 0.936. The molecular formula is C5H2ClIN4. The Balaban J connectivity index is 2.91. The fourth-order valence-electron chi connectivity index (χ4n) is 0.766. The van der Waals surface area contributed by atoms with E-state index in [2.05, 4.69) is 37.7 Å². The maximum Gasteiger partial charge on any atom is 0.193 e. The van der Waals surface area contributed by atoms with Crippen LogP contribution in [0.4, 0.5) is 0 Å². The van der Waals surface area contributed by atoms with E-state index in [-0.39, 0.29) is 0 Å². The average molecular weight is 280 g/mol. The van der Waals surface area contributed by atoms with E-state index in [1.54, 1.807) is 10.7 Å². The van der Waals surface area contributed by atoms with Crippen LogP contribution in [-0.2, 0) is 0 Å². The average Bonchev–Trinajstić information content (AvgIpc) is 2.34. The van der Waals surface area contributed by atoms with Crippen molar-refractivity contribution in [2.24, 2.45) is 0 Å². The standard InChI is InChI=1S/C5H2ClIN4/c6-4-5-8-2-9-11(5)1-3(7)10-4/h1-2H. The Morgan fingerprint density at radius 2 is 2.36 bits per heavy atom. The van der Waals surface area contributed by atoms with Crippen LogP contribution in [0.5, 0.6) is 0 Å². The van der Waals surface area contributed by atoms with Crippen molar-refractivity contribution in [2.75, 3.05) is 0 Å².